The molecule has 0 saturated carbocycles. The molecule has 1 amide bonds. The molecule has 7 nitrogen and oxygen atoms in total. The summed E-state index contributed by atoms with van der Waals surface area (Å²) >= 11 is 0. The molecular weight excluding hydrogens is 318 g/mol. The number of rotatable bonds is 6. The van der Waals surface area contributed by atoms with Gasteiger partial charge in [-0.15, -0.1) is 5.10 Å². The first-order valence-electron chi connectivity index (χ1n) is 8.33. The summed E-state index contributed by atoms with van der Waals surface area (Å²) in [5.74, 6) is -0.280. The molecule has 2 aromatic heterocycles. The van der Waals surface area contributed by atoms with Gasteiger partial charge in [0.1, 0.15) is 0 Å². The smallest absolute Gasteiger partial charge is 0.273 e. The van der Waals surface area contributed by atoms with Gasteiger partial charge in [0.25, 0.3) is 5.91 Å². The average molecular weight is 339 g/mol. The minimum atomic E-state index is -0.280. The fraction of sp³-hybridized carbons (Fsp3) is 0.333. The number of aliphatic hydroxyl groups excluding tert-OH is 1. The second-order valence-corrected chi connectivity index (χ2v) is 5.88. The van der Waals surface area contributed by atoms with Crippen LogP contribution in [-0.4, -0.2) is 43.6 Å². The number of carbonyl (C=O) groups excluding carboxylic acids is 1. The lowest BCUT2D eigenvalue weighted by molar-refractivity contribution is 0.0923. The molecule has 0 bridgehead atoms. The van der Waals surface area contributed by atoms with Crippen LogP contribution in [0.5, 0.6) is 0 Å². The predicted octanol–water partition coefficient (Wildman–Crippen LogP) is 2.01. The SMILES string of the molecule is CCC(CCO)NC(=O)c1nnn(-c2cccc3cccnc23)c1C. The number of pyridine rings is 1. The Morgan fingerprint density at radius 3 is 2.88 bits per heavy atom. The van der Waals surface area contributed by atoms with Gasteiger partial charge in [0.2, 0.25) is 0 Å². The van der Waals surface area contributed by atoms with E-state index in [1.807, 2.05) is 44.2 Å². The first-order chi connectivity index (χ1) is 12.2. The first-order valence-corrected chi connectivity index (χ1v) is 8.33. The van der Waals surface area contributed by atoms with E-state index in [2.05, 4.69) is 20.6 Å². The highest BCUT2D eigenvalue weighted by molar-refractivity contribution is 5.94. The summed E-state index contributed by atoms with van der Waals surface area (Å²) in [6.07, 6.45) is 2.99. The molecule has 1 aromatic carbocycles. The van der Waals surface area contributed by atoms with Crippen LogP contribution in [0.25, 0.3) is 16.6 Å². The van der Waals surface area contributed by atoms with E-state index in [1.165, 1.54) is 0 Å². The van der Waals surface area contributed by atoms with Crippen molar-refractivity contribution in [2.45, 2.75) is 32.7 Å². The molecule has 0 radical (unpaired) electrons. The number of aliphatic hydroxyl groups is 1. The molecule has 1 unspecified atom stereocenters. The number of carbonyl (C=O) groups is 1. The Bertz CT molecular complexity index is 885. The lowest BCUT2D eigenvalue weighted by Gasteiger charge is -2.14. The summed E-state index contributed by atoms with van der Waals surface area (Å²) in [6.45, 7) is 3.81. The van der Waals surface area contributed by atoms with E-state index in [4.69, 9.17) is 5.11 Å². The zero-order chi connectivity index (χ0) is 17.8. The summed E-state index contributed by atoms with van der Waals surface area (Å²) in [6, 6.07) is 9.58. The molecule has 2 N–H and O–H groups in total. The molecule has 0 aliphatic carbocycles. The maximum atomic E-state index is 12.5. The highest BCUT2D eigenvalue weighted by atomic mass is 16.3. The number of hydrogen-bond donors (Lipinski definition) is 2. The largest absolute Gasteiger partial charge is 0.396 e. The van der Waals surface area contributed by atoms with Gasteiger partial charge >= 0.3 is 0 Å². The standard InChI is InChI=1S/C18H21N5O2/c1-3-14(9-11-24)20-18(25)16-12(2)23(22-21-16)15-8-4-6-13-7-5-10-19-17(13)15/h4-8,10,14,24H,3,9,11H2,1-2H3,(H,20,25). The van der Waals surface area contributed by atoms with E-state index in [-0.39, 0.29) is 24.2 Å². The van der Waals surface area contributed by atoms with Crippen LogP contribution in [-0.2, 0) is 0 Å². The van der Waals surface area contributed by atoms with Crippen LogP contribution in [0.2, 0.25) is 0 Å². The van der Waals surface area contributed by atoms with Crippen molar-refractivity contribution < 1.29 is 9.90 Å². The third kappa shape index (κ3) is 3.36. The van der Waals surface area contributed by atoms with Gasteiger partial charge < -0.3 is 10.4 Å². The third-order valence-corrected chi connectivity index (χ3v) is 4.25. The van der Waals surface area contributed by atoms with Crippen molar-refractivity contribution in [2.75, 3.05) is 6.61 Å². The maximum Gasteiger partial charge on any atom is 0.273 e. The summed E-state index contributed by atoms with van der Waals surface area (Å²) in [5.41, 5.74) is 2.51. The van der Waals surface area contributed by atoms with E-state index in [9.17, 15) is 4.79 Å². The molecule has 3 aromatic rings. The van der Waals surface area contributed by atoms with Gasteiger partial charge in [-0.05, 0) is 31.9 Å². The van der Waals surface area contributed by atoms with E-state index in [0.29, 0.717) is 12.1 Å². The Labute approximate surface area is 145 Å². The Morgan fingerprint density at radius 2 is 2.12 bits per heavy atom. The molecule has 2 heterocycles. The monoisotopic (exact) mass is 339 g/mol. The number of aromatic nitrogens is 4. The molecule has 0 fully saturated rings. The molecule has 25 heavy (non-hydrogen) atoms. The highest BCUT2D eigenvalue weighted by Crippen LogP contribution is 2.21. The van der Waals surface area contributed by atoms with Crippen molar-refractivity contribution in [3.05, 3.63) is 47.9 Å². The maximum absolute atomic E-state index is 12.5. The average Bonchev–Trinajstić information content (AvgIpc) is 3.02. The van der Waals surface area contributed by atoms with E-state index >= 15 is 0 Å². The van der Waals surface area contributed by atoms with Gasteiger partial charge in [-0.25, -0.2) is 4.68 Å². The second-order valence-electron chi connectivity index (χ2n) is 5.88. The van der Waals surface area contributed by atoms with E-state index in [1.54, 1.807) is 10.9 Å². The van der Waals surface area contributed by atoms with Crippen LogP contribution in [0.15, 0.2) is 36.5 Å². The number of nitrogens with one attached hydrogen (secondary N) is 1. The zero-order valence-corrected chi connectivity index (χ0v) is 14.3. The number of fused-ring (bicyclic) bond motifs is 1. The zero-order valence-electron chi connectivity index (χ0n) is 14.3. The summed E-state index contributed by atoms with van der Waals surface area (Å²) in [5, 5.41) is 21.2. The van der Waals surface area contributed by atoms with Crippen molar-refractivity contribution in [3.8, 4) is 5.69 Å². The molecule has 7 heteroatoms. The fourth-order valence-corrected chi connectivity index (χ4v) is 2.81. The number of amides is 1. The molecule has 0 aliphatic rings. The number of benzene rings is 1. The number of hydrogen-bond acceptors (Lipinski definition) is 5. The van der Waals surface area contributed by atoms with Crippen molar-refractivity contribution in [1.82, 2.24) is 25.3 Å². The third-order valence-electron chi connectivity index (χ3n) is 4.25. The van der Waals surface area contributed by atoms with Crippen LogP contribution in [0.1, 0.15) is 35.9 Å². The van der Waals surface area contributed by atoms with Crippen LogP contribution in [0, 0.1) is 6.92 Å². The highest BCUT2D eigenvalue weighted by Gasteiger charge is 2.20. The van der Waals surface area contributed by atoms with Crippen LogP contribution < -0.4 is 5.32 Å². The number of nitrogens with zero attached hydrogens (tertiary/aromatic N) is 4. The first kappa shape index (κ1) is 17.0. The van der Waals surface area contributed by atoms with Gasteiger partial charge in [0.05, 0.1) is 16.9 Å². The van der Waals surface area contributed by atoms with Crippen molar-refractivity contribution >= 4 is 16.8 Å². The quantitative estimate of drug-likeness (QED) is 0.717. The van der Waals surface area contributed by atoms with Crippen molar-refractivity contribution in [3.63, 3.8) is 0 Å². The van der Waals surface area contributed by atoms with Crippen molar-refractivity contribution in [2.24, 2.45) is 0 Å². The van der Waals surface area contributed by atoms with Crippen molar-refractivity contribution in [1.29, 1.82) is 0 Å². The Morgan fingerprint density at radius 1 is 1.32 bits per heavy atom. The Kier molecular flexibility index (Phi) is 5.04. The van der Waals surface area contributed by atoms with Gasteiger partial charge in [0, 0.05) is 24.2 Å². The second kappa shape index (κ2) is 7.40. The summed E-state index contributed by atoms with van der Waals surface area (Å²) in [7, 11) is 0. The lowest BCUT2D eigenvalue weighted by atomic mass is 10.1. The molecule has 1 atom stereocenters. The Hall–Kier alpha value is -2.80. The molecule has 3 rings (SSSR count). The number of para-hydroxylation sites is 1. The molecule has 130 valence electrons. The van der Waals surface area contributed by atoms with Gasteiger partial charge in [-0.2, -0.15) is 0 Å². The molecule has 0 spiro atoms. The van der Waals surface area contributed by atoms with Crippen LogP contribution in [0.4, 0.5) is 0 Å². The van der Waals surface area contributed by atoms with Crippen LogP contribution in [0.3, 0.4) is 0 Å². The Balaban J connectivity index is 1.94. The van der Waals surface area contributed by atoms with E-state index < -0.39 is 0 Å². The normalized spacial score (nSPS) is 12.3. The summed E-state index contributed by atoms with van der Waals surface area (Å²) in [4.78, 5) is 16.9. The van der Waals surface area contributed by atoms with Gasteiger partial charge in [-0.1, -0.05) is 30.3 Å². The topological polar surface area (TPSA) is 92.9 Å². The molecule has 0 aliphatic heterocycles. The van der Waals surface area contributed by atoms with Gasteiger partial charge in [0.15, 0.2) is 5.69 Å². The fourth-order valence-electron chi connectivity index (χ4n) is 2.81. The molecular formula is C18H21N5O2. The molecule has 0 saturated heterocycles. The minimum absolute atomic E-state index is 0.0339. The lowest BCUT2D eigenvalue weighted by Crippen LogP contribution is -2.35. The minimum Gasteiger partial charge on any atom is -0.396 e. The van der Waals surface area contributed by atoms with Gasteiger partial charge in [-0.3, -0.25) is 9.78 Å². The van der Waals surface area contributed by atoms with Crippen LogP contribution >= 0.6 is 0 Å². The van der Waals surface area contributed by atoms with E-state index in [0.717, 1.165) is 23.0 Å². The predicted molar refractivity (Wildman–Crippen MR) is 94.6 cm³/mol. The summed E-state index contributed by atoms with van der Waals surface area (Å²) < 4.78 is 1.64.